The molecular formula is C25H21N3O3. The van der Waals surface area contributed by atoms with Gasteiger partial charge in [0.2, 0.25) is 5.91 Å². The van der Waals surface area contributed by atoms with E-state index in [2.05, 4.69) is 0 Å². The van der Waals surface area contributed by atoms with Crippen LogP contribution in [-0.2, 0) is 11.2 Å². The van der Waals surface area contributed by atoms with Gasteiger partial charge in [0.15, 0.2) is 0 Å². The summed E-state index contributed by atoms with van der Waals surface area (Å²) in [5.41, 5.74) is 2.88. The Kier molecular flexibility index (Phi) is 4.55. The quantitative estimate of drug-likeness (QED) is 0.514. The van der Waals surface area contributed by atoms with E-state index >= 15 is 0 Å². The summed E-state index contributed by atoms with van der Waals surface area (Å²) >= 11 is 0. The third-order valence-electron chi connectivity index (χ3n) is 5.86. The van der Waals surface area contributed by atoms with Gasteiger partial charge >= 0.3 is 0 Å². The summed E-state index contributed by atoms with van der Waals surface area (Å²) in [6.07, 6.45) is 0.304. The number of ether oxygens (including phenoxy) is 1. The number of nitrogens with zero attached hydrogens (tertiary/aromatic N) is 3. The summed E-state index contributed by atoms with van der Waals surface area (Å²) in [5.74, 6) is 0.681. The van der Waals surface area contributed by atoms with E-state index in [-0.39, 0.29) is 11.5 Å². The van der Waals surface area contributed by atoms with Crippen molar-refractivity contribution in [3.8, 4) is 11.4 Å². The second kappa shape index (κ2) is 7.40. The highest BCUT2D eigenvalue weighted by molar-refractivity contribution is 6.04. The minimum atomic E-state index is -0.407. The van der Waals surface area contributed by atoms with Crippen molar-refractivity contribution in [1.29, 1.82) is 0 Å². The van der Waals surface area contributed by atoms with Crippen molar-refractivity contribution in [1.82, 2.24) is 9.55 Å². The maximum absolute atomic E-state index is 13.6. The molecule has 0 saturated carbocycles. The Hall–Kier alpha value is -3.93. The van der Waals surface area contributed by atoms with E-state index < -0.39 is 5.92 Å². The van der Waals surface area contributed by atoms with Gasteiger partial charge in [-0.2, -0.15) is 0 Å². The SMILES string of the molecule is COc1ccccc1-n1c(C[C@@H]2C(=O)N(C)c3ccccc32)nc2ccccc2c1=O. The van der Waals surface area contributed by atoms with Gasteiger partial charge in [0.25, 0.3) is 5.56 Å². The van der Waals surface area contributed by atoms with Crippen LogP contribution in [0.1, 0.15) is 17.3 Å². The van der Waals surface area contributed by atoms with Gasteiger partial charge in [-0.15, -0.1) is 0 Å². The Morgan fingerprint density at radius 2 is 1.58 bits per heavy atom. The molecule has 1 atom stereocenters. The first-order valence-electron chi connectivity index (χ1n) is 10.1. The van der Waals surface area contributed by atoms with Crippen LogP contribution in [0.2, 0.25) is 0 Å². The van der Waals surface area contributed by atoms with Gasteiger partial charge < -0.3 is 9.64 Å². The van der Waals surface area contributed by atoms with E-state index in [9.17, 15) is 9.59 Å². The molecule has 3 aromatic carbocycles. The number of likely N-dealkylation sites (N-methyl/N-ethyl adjacent to an activating group) is 1. The largest absolute Gasteiger partial charge is 0.495 e. The number of anilines is 1. The fourth-order valence-corrected chi connectivity index (χ4v) is 4.33. The number of hydrogen-bond acceptors (Lipinski definition) is 4. The van der Waals surface area contributed by atoms with Crippen molar-refractivity contribution < 1.29 is 9.53 Å². The van der Waals surface area contributed by atoms with Crippen LogP contribution in [0, 0.1) is 0 Å². The maximum Gasteiger partial charge on any atom is 0.266 e. The number of para-hydroxylation sites is 4. The summed E-state index contributed by atoms with van der Waals surface area (Å²) in [5, 5.41) is 0.521. The number of methoxy groups -OCH3 is 1. The molecule has 0 saturated heterocycles. The Balaban J connectivity index is 1.74. The average molecular weight is 411 g/mol. The molecule has 6 heteroatoms. The molecule has 0 radical (unpaired) electrons. The number of rotatable bonds is 4. The minimum absolute atomic E-state index is 0.00446. The smallest absolute Gasteiger partial charge is 0.266 e. The van der Waals surface area contributed by atoms with Gasteiger partial charge in [-0.3, -0.25) is 14.2 Å². The number of benzene rings is 3. The minimum Gasteiger partial charge on any atom is -0.495 e. The monoisotopic (exact) mass is 411 g/mol. The molecule has 5 rings (SSSR count). The number of hydrogen-bond donors (Lipinski definition) is 0. The summed E-state index contributed by atoms with van der Waals surface area (Å²) in [4.78, 5) is 33.1. The van der Waals surface area contributed by atoms with Crippen molar-refractivity contribution >= 4 is 22.5 Å². The molecule has 1 amide bonds. The molecule has 6 nitrogen and oxygen atoms in total. The van der Waals surface area contributed by atoms with E-state index in [4.69, 9.17) is 9.72 Å². The van der Waals surface area contributed by atoms with E-state index in [1.54, 1.807) is 29.7 Å². The molecule has 0 bridgehead atoms. The lowest BCUT2D eigenvalue weighted by Gasteiger charge is -2.18. The summed E-state index contributed by atoms with van der Waals surface area (Å²) in [6.45, 7) is 0. The molecule has 0 fully saturated rings. The maximum atomic E-state index is 13.6. The second-order valence-corrected chi connectivity index (χ2v) is 7.57. The van der Waals surface area contributed by atoms with Gasteiger partial charge in [0.05, 0.1) is 29.6 Å². The van der Waals surface area contributed by atoms with Crippen LogP contribution in [0.15, 0.2) is 77.6 Å². The predicted octanol–water partition coefficient (Wildman–Crippen LogP) is 3.70. The Bertz CT molecular complexity index is 1380. The van der Waals surface area contributed by atoms with E-state index in [0.29, 0.717) is 34.6 Å². The first-order valence-corrected chi connectivity index (χ1v) is 10.1. The highest BCUT2D eigenvalue weighted by Gasteiger charge is 2.36. The van der Waals surface area contributed by atoms with Crippen molar-refractivity contribution in [2.24, 2.45) is 0 Å². The molecule has 1 aliphatic rings. The zero-order valence-corrected chi connectivity index (χ0v) is 17.3. The van der Waals surface area contributed by atoms with E-state index in [0.717, 1.165) is 11.3 Å². The normalized spacial score (nSPS) is 15.4. The number of carbonyl (C=O) groups excluding carboxylic acids is 1. The van der Waals surface area contributed by atoms with Crippen molar-refractivity contribution in [3.63, 3.8) is 0 Å². The molecule has 2 heterocycles. The van der Waals surface area contributed by atoms with Crippen LogP contribution in [0.5, 0.6) is 5.75 Å². The standard InChI is InChI=1S/C25H21N3O3/c1-27-20-12-6-4-9-16(20)18(24(27)29)15-23-26-19-11-5-3-10-17(19)25(30)28(23)21-13-7-8-14-22(21)31-2/h3-14,18H,15H2,1-2H3/t18-/m0/s1. The molecular weight excluding hydrogens is 390 g/mol. The third kappa shape index (κ3) is 2.99. The molecule has 0 N–H and O–H groups in total. The number of fused-ring (bicyclic) bond motifs is 2. The number of carbonyl (C=O) groups is 1. The highest BCUT2D eigenvalue weighted by Crippen LogP contribution is 2.38. The third-order valence-corrected chi connectivity index (χ3v) is 5.86. The Morgan fingerprint density at radius 3 is 2.39 bits per heavy atom. The molecule has 0 unspecified atom stereocenters. The fraction of sp³-hybridized carbons (Fsp3) is 0.160. The topological polar surface area (TPSA) is 64.4 Å². The number of amides is 1. The van der Waals surface area contributed by atoms with E-state index in [1.165, 1.54) is 0 Å². The van der Waals surface area contributed by atoms with E-state index in [1.807, 2.05) is 66.7 Å². The first-order chi connectivity index (χ1) is 15.1. The summed E-state index contributed by atoms with van der Waals surface area (Å²) in [6, 6.07) is 22.4. The van der Waals surface area contributed by atoms with Gasteiger partial charge in [0, 0.05) is 19.2 Å². The molecule has 1 aromatic heterocycles. The summed E-state index contributed by atoms with van der Waals surface area (Å²) < 4.78 is 7.10. The molecule has 1 aliphatic heterocycles. The highest BCUT2D eigenvalue weighted by atomic mass is 16.5. The molecule has 4 aromatic rings. The average Bonchev–Trinajstić information content (AvgIpc) is 3.04. The number of aromatic nitrogens is 2. The zero-order valence-electron chi connectivity index (χ0n) is 17.3. The lowest BCUT2D eigenvalue weighted by molar-refractivity contribution is -0.119. The molecule has 31 heavy (non-hydrogen) atoms. The van der Waals surface area contributed by atoms with Crippen molar-refractivity contribution in [2.45, 2.75) is 12.3 Å². The Labute approximate surface area is 179 Å². The van der Waals surface area contributed by atoms with Gasteiger partial charge in [-0.1, -0.05) is 42.5 Å². The first kappa shape index (κ1) is 19.1. The van der Waals surface area contributed by atoms with Crippen LogP contribution in [-0.4, -0.2) is 29.6 Å². The molecule has 154 valence electrons. The van der Waals surface area contributed by atoms with Gasteiger partial charge in [-0.25, -0.2) is 4.98 Å². The lowest BCUT2D eigenvalue weighted by atomic mass is 9.96. The van der Waals surface area contributed by atoms with Crippen LogP contribution in [0.3, 0.4) is 0 Å². The van der Waals surface area contributed by atoms with Gasteiger partial charge in [0.1, 0.15) is 11.6 Å². The van der Waals surface area contributed by atoms with Crippen LogP contribution < -0.4 is 15.2 Å². The molecule has 0 aliphatic carbocycles. The van der Waals surface area contributed by atoms with Crippen molar-refractivity contribution in [2.75, 3.05) is 19.1 Å². The van der Waals surface area contributed by atoms with Crippen LogP contribution >= 0.6 is 0 Å². The molecule has 0 spiro atoms. The van der Waals surface area contributed by atoms with Gasteiger partial charge in [-0.05, 0) is 35.9 Å². The van der Waals surface area contributed by atoms with Crippen molar-refractivity contribution in [3.05, 3.63) is 94.5 Å². The second-order valence-electron chi connectivity index (χ2n) is 7.57. The van der Waals surface area contributed by atoms with Crippen LogP contribution in [0.25, 0.3) is 16.6 Å². The van der Waals surface area contributed by atoms with Crippen LogP contribution in [0.4, 0.5) is 5.69 Å². The Morgan fingerprint density at radius 1 is 0.903 bits per heavy atom. The fourth-order valence-electron chi connectivity index (χ4n) is 4.33. The predicted molar refractivity (Wildman–Crippen MR) is 120 cm³/mol. The summed E-state index contributed by atoms with van der Waals surface area (Å²) in [7, 11) is 3.35. The lowest BCUT2D eigenvalue weighted by Crippen LogP contribution is -2.29. The zero-order chi connectivity index (χ0) is 21.5.